The van der Waals surface area contributed by atoms with E-state index >= 15 is 0 Å². The third kappa shape index (κ3) is 2.77. The van der Waals surface area contributed by atoms with E-state index in [9.17, 15) is 0 Å². The number of aryl methyl sites for hydroxylation is 1. The highest BCUT2D eigenvalue weighted by molar-refractivity contribution is 5.31. The summed E-state index contributed by atoms with van der Waals surface area (Å²) in [7, 11) is 0. The molecule has 0 heterocycles. The Hall–Kier alpha value is -1.53. The standard InChI is InChI=1S/C10H12N2O/c1-8-4-2-3-5-10(8)13-7-9(12)6-11/h2-5,9H,7,12H2,1H3. The lowest BCUT2D eigenvalue weighted by Crippen LogP contribution is -2.25. The van der Waals surface area contributed by atoms with Crippen LogP contribution in [-0.2, 0) is 0 Å². The van der Waals surface area contributed by atoms with E-state index in [1.54, 1.807) is 0 Å². The maximum atomic E-state index is 8.43. The van der Waals surface area contributed by atoms with Crippen LogP contribution in [0.4, 0.5) is 0 Å². The van der Waals surface area contributed by atoms with Gasteiger partial charge in [0.15, 0.2) is 0 Å². The first kappa shape index (κ1) is 9.56. The van der Waals surface area contributed by atoms with Crippen molar-refractivity contribution in [2.75, 3.05) is 6.61 Å². The minimum atomic E-state index is -0.556. The molecule has 1 aromatic carbocycles. The van der Waals surface area contributed by atoms with Gasteiger partial charge >= 0.3 is 0 Å². The lowest BCUT2D eigenvalue weighted by Gasteiger charge is -2.08. The second kappa shape index (κ2) is 4.48. The number of benzene rings is 1. The van der Waals surface area contributed by atoms with E-state index in [2.05, 4.69) is 0 Å². The van der Waals surface area contributed by atoms with Crippen LogP contribution in [0.2, 0.25) is 0 Å². The third-order valence-corrected chi connectivity index (χ3v) is 1.68. The van der Waals surface area contributed by atoms with Crippen LogP contribution >= 0.6 is 0 Å². The van der Waals surface area contributed by atoms with Crippen LogP contribution < -0.4 is 10.5 Å². The molecule has 0 aliphatic rings. The molecule has 0 radical (unpaired) electrons. The van der Waals surface area contributed by atoms with Crippen LogP contribution in [0.15, 0.2) is 24.3 Å². The molecule has 1 aromatic rings. The number of nitrogens with zero attached hydrogens (tertiary/aromatic N) is 1. The first-order valence-electron chi connectivity index (χ1n) is 4.07. The van der Waals surface area contributed by atoms with Gasteiger partial charge in [0.05, 0.1) is 6.07 Å². The van der Waals surface area contributed by atoms with Crippen molar-refractivity contribution in [3.8, 4) is 11.8 Å². The molecular formula is C10H12N2O. The fourth-order valence-corrected chi connectivity index (χ4v) is 0.935. The normalized spacial score (nSPS) is 11.8. The summed E-state index contributed by atoms with van der Waals surface area (Å²) in [5.41, 5.74) is 6.43. The molecule has 1 atom stereocenters. The van der Waals surface area contributed by atoms with E-state index in [1.165, 1.54) is 0 Å². The Morgan fingerprint density at radius 3 is 2.85 bits per heavy atom. The molecule has 0 aliphatic heterocycles. The Morgan fingerprint density at radius 1 is 1.54 bits per heavy atom. The molecule has 0 aliphatic carbocycles. The topological polar surface area (TPSA) is 59.0 Å². The highest BCUT2D eigenvalue weighted by Gasteiger charge is 2.02. The van der Waals surface area contributed by atoms with Crippen LogP contribution in [0.1, 0.15) is 5.56 Å². The van der Waals surface area contributed by atoms with Gasteiger partial charge in [-0.05, 0) is 18.6 Å². The molecule has 1 unspecified atom stereocenters. The maximum absolute atomic E-state index is 8.43. The van der Waals surface area contributed by atoms with Crippen molar-refractivity contribution >= 4 is 0 Å². The van der Waals surface area contributed by atoms with E-state index in [4.69, 9.17) is 15.7 Å². The summed E-state index contributed by atoms with van der Waals surface area (Å²) in [4.78, 5) is 0. The molecule has 0 saturated carbocycles. The Bertz CT molecular complexity index is 317. The first-order valence-corrected chi connectivity index (χ1v) is 4.07. The summed E-state index contributed by atoms with van der Waals surface area (Å²) in [6.45, 7) is 2.19. The van der Waals surface area contributed by atoms with Crippen molar-refractivity contribution in [3.05, 3.63) is 29.8 Å². The molecule has 0 fully saturated rings. The summed E-state index contributed by atoms with van der Waals surface area (Å²) in [6.07, 6.45) is 0. The minimum absolute atomic E-state index is 0.237. The van der Waals surface area contributed by atoms with E-state index in [1.807, 2.05) is 37.3 Å². The van der Waals surface area contributed by atoms with Crippen LogP contribution in [0, 0.1) is 18.3 Å². The lowest BCUT2D eigenvalue weighted by atomic mass is 10.2. The molecule has 0 amide bonds. The molecule has 68 valence electrons. The number of hydrogen-bond donors (Lipinski definition) is 1. The van der Waals surface area contributed by atoms with Crippen molar-refractivity contribution in [3.63, 3.8) is 0 Å². The number of hydrogen-bond acceptors (Lipinski definition) is 3. The second-order valence-electron chi connectivity index (χ2n) is 2.81. The highest BCUT2D eigenvalue weighted by atomic mass is 16.5. The van der Waals surface area contributed by atoms with Gasteiger partial charge in [-0.3, -0.25) is 0 Å². The average molecular weight is 176 g/mol. The largest absolute Gasteiger partial charge is 0.491 e. The number of para-hydroxylation sites is 1. The molecule has 1 rings (SSSR count). The van der Waals surface area contributed by atoms with Crippen molar-refractivity contribution < 1.29 is 4.74 Å². The zero-order valence-electron chi connectivity index (χ0n) is 7.53. The Balaban J connectivity index is 2.56. The summed E-state index contributed by atoms with van der Waals surface area (Å²) >= 11 is 0. The summed E-state index contributed by atoms with van der Waals surface area (Å²) in [6, 6.07) is 8.99. The van der Waals surface area contributed by atoms with Gasteiger partial charge in [-0.2, -0.15) is 5.26 Å². The Kier molecular flexibility index (Phi) is 3.30. The summed E-state index contributed by atoms with van der Waals surface area (Å²) < 4.78 is 5.34. The van der Waals surface area contributed by atoms with E-state index in [-0.39, 0.29) is 6.61 Å². The van der Waals surface area contributed by atoms with Crippen molar-refractivity contribution in [1.29, 1.82) is 5.26 Å². The predicted octanol–water partition coefficient (Wildman–Crippen LogP) is 1.22. The van der Waals surface area contributed by atoms with Gasteiger partial charge in [-0.1, -0.05) is 18.2 Å². The van der Waals surface area contributed by atoms with Gasteiger partial charge in [-0.15, -0.1) is 0 Å². The first-order chi connectivity index (χ1) is 6.24. The highest BCUT2D eigenvalue weighted by Crippen LogP contribution is 2.15. The van der Waals surface area contributed by atoms with Gasteiger partial charge in [-0.25, -0.2) is 0 Å². The third-order valence-electron chi connectivity index (χ3n) is 1.68. The van der Waals surface area contributed by atoms with Gasteiger partial charge in [0.25, 0.3) is 0 Å². The number of ether oxygens (including phenoxy) is 1. The van der Waals surface area contributed by atoms with Crippen LogP contribution in [0.3, 0.4) is 0 Å². The molecule has 0 aromatic heterocycles. The lowest BCUT2D eigenvalue weighted by molar-refractivity contribution is 0.307. The summed E-state index contributed by atoms with van der Waals surface area (Å²) in [5.74, 6) is 0.785. The molecule has 0 saturated heterocycles. The fourth-order valence-electron chi connectivity index (χ4n) is 0.935. The number of nitrogens with two attached hydrogens (primary N) is 1. The SMILES string of the molecule is Cc1ccccc1OCC(N)C#N. The zero-order valence-corrected chi connectivity index (χ0v) is 7.53. The van der Waals surface area contributed by atoms with Crippen LogP contribution in [-0.4, -0.2) is 12.6 Å². The smallest absolute Gasteiger partial charge is 0.127 e. The predicted molar refractivity (Wildman–Crippen MR) is 50.3 cm³/mol. The fraction of sp³-hybridized carbons (Fsp3) is 0.300. The van der Waals surface area contributed by atoms with Gasteiger partial charge < -0.3 is 10.5 Å². The van der Waals surface area contributed by atoms with Crippen molar-refractivity contribution in [1.82, 2.24) is 0 Å². The van der Waals surface area contributed by atoms with Gasteiger partial charge in [0, 0.05) is 0 Å². The van der Waals surface area contributed by atoms with E-state index < -0.39 is 6.04 Å². The molecule has 0 bridgehead atoms. The molecule has 3 heteroatoms. The Morgan fingerprint density at radius 2 is 2.23 bits per heavy atom. The second-order valence-corrected chi connectivity index (χ2v) is 2.81. The molecule has 2 N–H and O–H groups in total. The van der Waals surface area contributed by atoms with Crippen molar-refractivity contribution in [2.24, 2.45) is 5.73 Å². The summed E-state index contributed by atoms with van der Waals surface area (Å²) in [5, 5.41) is 8.43. The van der Waals surface area contributed by atoms with Crippen LogP contribution in [0.25, 0.3) is 0 Å². The molecule has 0 spiro atoms. The maximum Gasteiger partial charge on any atom is 0.127 e. The molecular weight excluding hydrogens is 164 g/mol. The number of nitriles is 1. The van der Waals surface area contributed by atoms with E-state index in [0.717, 1.165) is 11.3 Å². The molecule has 13 heavy (non-hydrogen) atoms. The van der Waals surface area contributed by atoms with Crippen molar-refractivity contribution in [2.45, 2.75) is 13.0 Å². The zero-order chi connectivity index (χ0) is 9.68. The van der Waals surface area contributed by atoms with Crippen LogP contribution in [0.5, 0.6) is 5.75 Å². The molecule has 3 nitrogen and oxygen atoms in total. The average Bonchev–Trinajstić information content (AvgIpc) is 2.16. The van der Waals surface area contributed by atoms with Gasteiger partial charge in [0.1, 0.15) is 18.4 Å². The Labute approximate surface area is 77.7 Å². The quantitative estimate of drug-likeness (QED) is 0.753. The monoisotopic (exact) mass is 176 g/mol. The number of rotatable bonds is 3. The van der Waals surface area contributed by atoms with Gasteiger partial charge in [0.2, 0.25) is 0 Å². The van der Waals surface area contributed by atoms with E-state index in [0.29, 0.717) is 0 Å². The minimum Gasteiger partial charge on any atom is -0.491 e.